The third kappa shape index (κ3) is 2.83. The van der Waals surface area contributed by atoms with E-state index in [2.05, 4.69) is 15.3 Å². The quantitative estimate of drug-likeness (QED) is 0.531. The topological polar surface area (TPSA) is 81.0 Å². The number of halogens is 2. The van der Waals surface area contributed by atoms with Crippen molar-refractivity contribution in [2.45, 2.75) is 13.0 Å². The highest BCUT2D eigenvalue weighted by molar-refractivity contribution is 6.31. The molecule has 0 aliphatic rings. The molecular weight excluding hydrogens is 287 g/mol. The number of hydrogen-bond donors (Lipinski definition) is 1. The van der Waals surface area contributed by atoms with Crippen LogP contribution in [0.4, 0.5) is 15.9 Å². The van der Waals surface area contributed by atoms with Crippen molar-refractivity contribution in [3.8, 4) is 0 Å². The second kappa shape index (κ2) is 5.79. The maximum Gasteiger partial charge on any atom is 0.348 e. The van der Waals surface area contributed by atoms with Crippen molar-refractivity contribution < 1.29 is 9.31 Å². The number of nitrogens with one attached hydrogen (secondary N) is 1. The summed E-state index contributed by atoms with van der Waals surface area (Å²) in [5, 5.41) is 13.5. The van der Waals surface area contributed by atoms with E-state index >= 15 is 0 Å². The minimum Gasteiger partial charge on any atom is -0.358 e. The highest BCUT2D eigenvalue weighted by atomic mass is 35.5. The molecule has 1 unspecified atom stereocenters. The molecule has 0 amide bonds. The fourth-order valence-corrected chi connectivity index (χ4v) is 1.94. The number of aromatic nitrogens is 2. The van der Waals surface area contributed by atoms with Crippen molar-refractivity contribution in [3.05, 3.63) is 57.2 Å². The lowest BCUT2D eigenvalue weighted by Gasteiger charge is -2.15. The van der Waals surface area contributed by atoms with Gasteiger partial charge in [0.05, 0.1) is 11.0 Å². The Morgan fingerprint density at radius 3 is 2.75 bits per heavy atom. The molecule has 8 heteroatoms. The first-order valence-corrected chi connectivity index (χ1v) is 6.04. The molecule has 6 nitrogen and oxygen atoms in total. The van der Waals surface area contributed by atoms with Gasteiger partial charge < -0.3 is 5.32 Å². The van der Waals surface area contributed by atoms with E-state index in [9.17, 15) is 14.5 Å². The van der Waals surface area contributed by atoms with Crippen LogP contribution in [0.15, 0.2) is 30.6 Å². The molecule has 0 saturated heterocycles. The highest BCUT2D eigenvalue weighted by Crippen LogP contribution is 2.31. The Bertz CT molecular complexity index is 653. The van der Waals surface area contributed by atoms with Gasteiger partial charge in [0.25, 0.3) is 0 Å². The van der Waals surface area contributed by atoms with Crippen molar-refractivity contribution in [2.24, 2.45) is 0 Å². The van der Waals surface area contributed by atoms with E-state index in [1.807, 2.05) is 0 Å². The average Bonchev–Trinajstić information content (AvgIpc) is 2.38. The number of benzene rings is 1. The van der Waals surface area contributed by atoms with Crippen molar-refractivity contribution in [1.82, 2.24) is 9.97 Å². The van der Waals surface area contributed by atoms with Gasteiger partial charge in [0.2, 0.25) is 11.0 Å². The molecule has 1 aromatic heterocycles. The lowest BCUT2D eigenvalue weighted by molar-refractivity contribution is -0.384. The number of hydrogen-bond acceptors (Lipinski definition) is 5. The van der Waals surface area contributed by atoms with Crippen molar-refractivity contribution in [3.63, 3.8) is 0 Å². The summed E-state index contributed by atoms with van der Waals surface area (Å²) in [4.78, 5) is 17.6. The molecule has 20 heavy (non-hydrogen) atoms. The Labute approximate surface area is 118 Å². The van der Waals surface area contributed by atoms with E-state index in [0.717, 1.165) is 6.33 Å². The van der Waals surface area contributed by atoms with Crippen LogP contribution in [0.25, 0.3) is 0 Å². The SMILES string of the molecule is CC(Nc1ncnc(Cl)c1[N+](=O)[O-])c1ccccc1F. The third-order valence-corrected chi connectivity index (χ3v) is 2.96. The lowest BCUT2D eigenvalue weighted by atomic mass is 10.1. The molecule has 1 heterocycles. The molecule has 104 valence electrons. The number of anilines is 1. The second-order valence-electron chi connectivity index (χ2n) is 4.01. The number of nitrogens with zero attached hydrogens (tertiary/aromatic N) is 3. The van der Waals surface area contributed by atoms with E-state index in [0.29, 0.717) is 5.56 Å². The predicted molar refractivity (Wildman–Crippen MR) is 72.1 cm³/mol. The molecule has 1 N–H and O–H groups in total. The molecule has 0 radical (unpaired) electrons. The largest absolute Gasteiger partial charge is 0.358 e. The minimum atomic E-state index is -0.682. The van der Waals surface area contributed by atoms with E-state index in [1.54, 1.807) is 25.1 Å². The van der Waals surface area contributed by atoms with Crippen molar-refractivity contribution in [1.29, 1.82) is 0 Å². The van der Waals surface area contributed by atoms with Gasteiger partial charge in [0, 0.05) is 5.56 Å². The van der Waals surface area contributed by atoms with Gasteiger partial charge in [0.1, 0.15) is 12.1 Å². The van der Waals surface area contributed by atoms with Crippen LogP contribution in [0.1, 0.15) is 18.5 Å². The summed E-state index contributed by atoms with van der Waals surface area (Å²) in [6.07, 6.45) is 1.10. The average molecular weight is 297 g/mol. The zero-order valence-electron chi connectivity index (χ0n) is 10.4. The van der Waals surface area contributed by atoms with E-state index in [1.165, 1.54) is 6.07 Å². The molecule has 0 aliphatic heterocycles. The van der Waals surface area contributed by atoms with E-state index in [4.69, 9.17) is 11.6 Å². The Morgan fingerprint density at radius 1 is 1.40 bits per heavy atom. The third-order valence-electron chi connectivity index (χ3n) is 2.69. The summed E-state index contributed by atoms with van der Waals surface area (Å²) >= 11 is 5.68. The minimum absolute atomic E-state index is 0.0502. The molecule has 1 aromatic carbocycles. The Balaban J connectivity index is 2.33. The number of nitro groups is 1. The first kappa shape index (κ1) is 14.1. The van der Waals surface area contributed by atoms with Gasteiger partial charge in [-0.05, 0) is 13.0 Å². The summed E-state index contributed by atoms with van der Waals surface area (Å²) in [7, 11) is 0. The molecule has 2 aromatic rings. The van der Waals surface area contributed by atoms with Crippen molar-refractivity contribution >= 4 is 23.1 Å². The van der Waals surface area contributed by atoms with Crippen LogP contribution < -0.4 is 5.32 Å². The molecule has 0 spiro atoms. The van der Waals surface area contributed by atoms with Gasteiger partial charge in [-0.1, -0.05) is 29.8 Å². The maximum absolute atomic E-state index is 13.6. The normalized spacial score (nSPS) is 11.9. The molecular formula is C12H10ClFN4O2. The summed E-state index contributed by atoms with van der Waals surface area (Å²) in [6, 6.07) is 5.63. The van der Waals surface area contributed by atoms with E-state index in [-0.39, 0.29) is 11.0 Å². The van der Waals surface area contributed by atoms with Gasteiger partial charge in [-0.25, -0.2) is 14.4 Å². The van der Waals surface area contributed by atoms with Crippen LogP contribution in [0.5, 0.6) is 0 Å². The summed E-state index contributed by atoms with van der Waals surface area (Å²) in [6.45, 7) is 1.66. The van der Waals surface area contributed by atoms with Gasteiger partial charge in [-0.2, -0.15) is 0 Å². The second-order valence-corrected chi connectivity index (χ2v) is 4.36. The van der Waals surface area contributed by atoms with Gasteiger partial charge in [0.15, 0.2) is 0 Å². The first-order valence-electron chi connectivity index (χ1n) is 5.66. The molecule has 0 bridgehead atoms. The zero-order valence-corrected chi connectivity index (χ0v) is 11.1. The monoisotopic (exact) mass is 296 g/mol. The standard InChI is InChI=1S/C12H10ClFN4O2/c1-7(8-4-2-3-5-9(8)14)17-12-10(18(19)20)11(13)15-6-16-12/h2-7H,1H3,(H,15,16,17). The molecule has 2 rings (SSSR count). The fourth-order valence-electron chi connectivity index (χ4n) is 1.73. The Morgan fingerprint density at radius 2 is 2.10 bits per heavy atom. The number of rotatable bonds is 4. The van der Waals surface area contributed by atoms with Crippen LogP contribution in [0.3, 0.4) is 0 Å². The van der Waals surface area contributed by atoms with Crippen LogP contribution in [-0.2, 0) is 0 Å². The van der Waals surface area contributed by atoms with Crippen LogP contribution >= 0.6 is 11.6 Å². The van der Waals surface area contributed by atoms with Gasteiger partial charge >= 0.3 is 5.69 Å². The van der Waals surface area contributed by atoms with Crippen molar-refractivity contribution in [2.75, 3.05) is 5.32 Å². The molecule has 0 saturated carbocycles. The van der Waals surface area contributed by atoms with Crippen LogP contribution in [0, 0.1) is 15.9 Å². The Hall–Kier alpha value is -2.28. The van der Waals surface area contributed by atoms with Gasteiger partial charge in [-0.15, -0.1) is 0 Å². The Kier molecular flexibility index (Phi) is 4.09. The fraction of sp³-hybridized carbons (Fsp3) is 0.167. The zero-order chi connectivity index (χ0) is 14.7. The van der Waals surface area contributed by atoms with Crippen LogP contribution in [-0.4, -0.2) is 14.9 Å². The summed E-state index contributed by atoms with van der Waals surface area (Å²) < 4.78 is 13.6. The molecule has 0 aliphatic carbocycles. The highest BCUT2D eigenvalue weighted by Gasteiger charge is 2.23. The van der Waals surface area contributed by atoms with E-state index < -0.39 is 22.5 Å². The summed E-state index contributed by atoms with van der Waals surface area (Å²) in [5.41, 5.74) is -0.0612. The molecule has 1 atom stereocenters. The van der Waals surface area contributed by atoms with Gasteiger partial charge in [-0.3, -0.25) is 10.1 Å². The maximum atomic E-state index is 13.6. The predicted octanol–water partition coefficient (Wildman–Crippen LogP) is 3.35. The van der Waals surface area contributed by atoms with Crippen LogP contribution in [0.2, 0.25) is 5.15 Å². The molecule has 0 fully saturated rings. The summed E-state index contributed by atoms with van der Waals surface area (Å²) in [5.74, 6) is -0.457. The smallest absolute Gasteiger partial charge is 0.348 e. The lowest BCUT2D eigenvalue weighted by Crippen LogP contribution is -2.11. The first-order chi connectivity index (χ1) is 9.50.